The minimum Gasteiger partial charge on any atom is -0.507 e. The number of carbonyl (C=O) groups is 2. The number of nitrogens with two attached hydrogens (primary N) is 1. The van der Waals surface area contributed by atoms with E-state index >= 15 is 0 Å². The van der Waals surface area contributed by atoms with Crippen LogP contribution < -0.4 is 5.73 Å². The predicted molar refractivity (Wildman–Crippen MR) is 93.3 cm³/mol. The topological polar surface area (TPSA) is 203 Å². The zero-order valence-electron chi connectivity index (χ0n) is 14.6. The lowest BCUT2D eigenvalue weighted by Crippen LogP contribution is -2.02. The summed E-state index contributed by atoms with van der Waals surface area (Å²) in [4.78, 5) is 31.5. The van der Waals surface area contributed by atoms with Crippen LogP contribution in [0.2, 0.25) is 0 Å². The van der Waals surface area contributed by atoms with Gasteiger partial charge in [-0.05, 0) is 6.07 Å². The van der Waals surface area contributed by atoms with Crippen LogP contribution in [0.3, 0.4) is 0 Å². The van der Waals surface area contributed by atoms with Crippen molar-refractivity contribution in [1.82, 2.24) is 0 Å². The van der Waals surface area contributed by atoms with Crippen LogP contribution in [0, 0.1) is 10.1 Å². The van der Waals surface area contributed by atoms with Crippen LogP contribution in [-0.2, 0) is 9.47 Å². The van der Waals surface area contributed by atoms with E-state index in [-0.39, 0.29) is 28.3 Å². The maximum atomic E-state index is 11.0. The molecule has 0 spiro atoms. The Labute approximate surface area is 157 Å². The highest BCUT2D eigenvalue weighted by atomic mass is 16.6. The molecular weight excluding hydrogens is 380 g/mol. The molecule has 12 nitrogen and oxygen atoms in total. The van der Waals surface area contributed by atoms with Gasteiger partial charge in [-0.25, -0.2) is 9.59 Å². The molecule has 2 aromatic rings. The van der Waals surface area contributed by atoms with Crippen molar-refractivity contribution in [3.63, 3.8) is 0 Å². The van der Waals surface area contributed by atoms with Crippen molar-refractivity contribution in [1.29, 1.82) is 0 Å². The largest absolute Gasteiger partial charge is 0.507 e. The number of nitrogens with zero attached hydrogens (tertiary/aromatic N) is 1. The van der Waals surface area contributed by atoms with Gasteiger partial charge in [0.1, 0.15) is 28.4 Å². The number of anilines is 1. The van der Waals surface area contributed by atoms with E-state index in [1.165, 1.54) is 7.11 Å². The fourth-order valence-electron chi connectivity index (χ4n) is 1.85. The lowest BCUT2D eigenvalue weighted by molar-refractivity contribution is -0.385. The lowest BCUT2D eigenvalue weighted by atomic mass is 10.1. The number of phenols is 4. The Bertz CT molecular complexity index is 926. The molecule has 0 amide bonds. The summed E-state index contributed by atoms with van der Waals surface area (Å²) in [7, 11) is 2.26. The van der Waals surface area contributed by atoms with Gasteiger partial charge in [-0.3, -0.25) is 10.1 Å². The molecule has 0 unspecified atom stereocenters. The molecule has 0 aliphatic carbocycles. The van der Waals surface area contributed by atoms with Crippen molar-refractivity contribution < 1.29 is 44.4 Å². The second-order valence-corrected chi connectivity index (χ2v) is 5.03. The highest BCUT2D eigenvalue weighted by Gasteiger charge is 2.21. The number of rotatable bonds is 3. The first kappa shape index (κ1) is 21.8. The minimum absolute atomic E-state index is 0.0122. The first-order valence-corrected chi connectivity index (χ1v) is 7.21. The first-order valence-electron chi connectivity index (χ1n) is 7.21. The Morgan fingerprint density at radius 1 is 0.857 bits per heavy atom. The van der Waals surface area contributed by atoms with Gasteiger partial charge in [0.25, 0.3) is 0 Å². The van der Waals surface area contributed by atoms with Crippen LogP contribution in [0.5, 0.6) is 23.0 Å². The Hall–Kier alpha value is -4.22. The van der Waals surface area contributed by atoms with E-state index in [0.29, 0.717) is 6.07 Å². The number of aromatic hydroxyl groups is 4. The number of phenolic OH excluding ortho intramolecular Hbond substituents is 4. The Kier molecular flexibility index (Phi) is 6.96. The fraction of sp³-hybridized carbons (Fsp3) is 0.125. The quantitative estimate of drug-likeness (QED) is 0.125. The van der Waals surface area contributed by atoms with Gasteiger partial charge in [-0.1, -0.05) is 0 Å². The fourth-order valence-corrected chi connectivity index (χ4v) is 1.85. The summed E-state index contributed by atoms with van der Waals surface area (Å²) in [6, 6.07) is 3.60. The summed E-state index contributed by atoms with van der Waals surface area (Å²) in [5.41, 5.74) is 4.21. The summed E-state index contributed by atoms with van der Waals surface area (Å²) in [5.74, 6) is -3.56. The average Bonchev–Trinajstić information content (AvgIpc) is 2.63. The number of hydrogen-bond acceptors (Lipinski definition) is 11. The summed E-state index contributed by atoms with van der Waals surface area (Å²) in [6.45, 7) is 0. The standard InChI is InChI=1S/C8H7NO6.C8H9NO4/c1-15-8(12)4-2-5(9(13)14)7(11)3-6(4)10;1-13-8(12)4-2-5(9)7(11)3-6(4)10/h2-3,10-11H,1H3;2-3,10-11H,9H2,1H3. The van der Waals surface area contributed by atoms with Gasteiger partial charge in [0, 0.05) is 18.2 Å². The second kappa shape index (κ2) is 8.93. The average molecular weight is 396 g/mol. The number of carbonyl (C=O) groups excluding carboxylic acids is 2. The van der Waals surface area contributed by atoms with Gasteiger partial charge in [0.15, 0.2) is 5.75 Å². The maximum Gasteiger partial charge on any atom is 0.341 e. The number of nitro benzene ring substituents is 1. The van der Waals surface area contributed by atoms with E-state index in [1.807, 2.05) is 0 Å². The third kappa shape index (κ3) is 4.91. The number of esters is 2. The number of benzene rings is 2. The van der Waals surface area contributed by atoms with Crippen LogP contribution in [0.15, 0.2) is 24.3 Å². The molecule has 12 heteroatoms. The Morgan fingerprint density at radius 3 is 1.71 bits per heavy atom. The van der Waals surface area contributed by atoms with Crippen LogP contribution in [0.1, 0.15) is 20.7 Å². The molecule has 2 aromatic carbocycles. The van der Waals surface area contributed by atoms with Crippen molar-refractivity contribution in [3.05, 3.63) is 45.5 Å². The molecule has 0 aromatic heterocycles. The molecular formula is C16H16N2O10. The summed E-state index contributed by atoms with van der Waals surface area (Å²) in [5, 5.41) is 47.0. The van der Waals surface area contributed by atoms with Crippen LogP contribution in [0.4, 0.5) is 11.4 Å². The smallest absolute Gasteiger partial charge is 0.341 e. The maximum absolute atomic E-state index is 11.0. The molecule has 0 aliphatic rings. The molecule has 2 rings (SSSR count). The Morgan fingerprint density at radius 2 is 1.29 bits per heavy atom. The Balaban J connectivity index is 0.000000283. The molecule has 28 heavy (non-hydrogen) atoms. The third-order valence-electron chi connectivity index (χ3n) is 3.25. The minimum atomic E-state index is -0.921. The van der Waals surface area contributed by atoms with E-state index in [1.54, 1.807) is 0 Å². The number of nitro groups is 1. The monoisotopic (exact) mass is 396 g/mol. The van der Waals surface area contributed by atoms with E-state index in [9.17, 15) is 29.9 Å². The van der Waals surface area contributed by atoms with E-state index in [0.717, 1.165) is 25.3 Å². The van der Waals surface area contributed by atoms with Gasteiger partial charge in [0.05, 0.1) is 24.8 Å². The molecule has 0 atom stereocenters. The molecule has 0 heterocycles. The highest BCUT2D eigenvalue weighted by molar-refractivity contribution is 5.94. The lowest BCUT2D eigenvalue weighted by Gasteiger charge is -2.04. The van der Waals surface area contributed by atoms with Crippen LogP contribution in [0.25, 0.3) is 0 Å². The molecule has 0 radical (unpaired) electrons. The van der Waals surface area contributed by atoms with Gasteiger partial charge < -0.3 is 35.6 Å². The normalized spacial score (nSPS) is 9.64. The van der Waals surface area contributed by atoms with Crippen LogP contribution >= 0.6 is 0 Å². The van der Waals surface area contributed by atoms with Gasteiger partial charge >= 0.3 is 17.6 Å². The molecule has 6 N–H and O–H groups in total. The number of methoxy groups -OCH3 is 2. The molecule has 150 valence electrons. The van der Waals surface area contributed by atoms with Crippen molar-refractivity contribution in [2.24, 2.45) is 0 Å². The van der Waals surface area contributed by atoms with Gasteiger partial charge in [-0.15, -0.1) is 0 Å². The van der Waals surface area contributed by atoms with E-state index in [2.05, 4.69) is 9.47 Å². The summed E-state index contributed by atoms with van der Waals surface area (Å²) in [6.07, 6.45) is 0. The number of ether oxygens (including phenoxy) is 2. The predicted octanol–water partition coefficient (Wildman–Crippen LogP) is 1.26. The molecule has 0 saturated carbocycles. The number of hydrogen-bond donors (Lipinski definition) is 5. The van der Waals surface area contributed by atoms with Gasteiger partial charge in [-0.2, -0.15) is 0 Å². The molecule has 0 saturated heterocycles. The molecule has 0 bridgehead atoms. The zero-order chi connectivity index (χ0) is 21.6. The summed E-state index contributed by atoms with van der Waals surface area (Å²) >= 11 is 0. The van der Waals surface area contributed by atoms with Crippen molar-refractivity contribution in [2.45, 2.75) is 0 Å². The van der Waals surface area contributed by atoms with Gasteiger partial charge in [0.2, 0.25) is 0 Å². The highest BCUT2D eigenvalue weighted by Crippen LogP contribution is 2.33. The van der Waals surface area contributed by atoms with E-state index in [4.69, 9.17) is 15.9 Å². The SMILES string of the molecule is COC(=O)c1cc(N)c(O)cc1O.COC(=O)c1cc([N+](=O)[O-])c(O)cc1O. The van der Waals surface area contributed by atoms with Crippen molar-refractivity contribution in [3.8, 4) is 23.0 Å². The van der Waals surface area contributed by atoms with Crippen molar-refractivity contribution in [2.75, 3.05) is 20.0 Å². The second-order valence-electron chi connectivity index (χ2n) is 5.03. The van der Waals surface area contributed by atoms with E-state index < -0.39 is 34.0 Å². The number of nitrogen functional groups attached to an aromatic ring is 1. The van der Waals surface area contributed by atoms with Crippen LogP contribution in [-0.4, -0.2) is 51.5 Å². The molecule has 0 fully saturated rings. The third-order valence-corrected chi connectivity index (χ3v) is 3.25. The first-order chi connectivity index (χ1) is 13.0. The summed E-state index contributed by atoms with van der Waals surface area (Å²) < 4.78 is 8.66. The zero-order valence-corrected chi connectivity index (χ0v) is 14.6. The molecule has 0 aliphatic heterocycles. The van der Waals surface area contributed by atoms with Crippen molar-refractivity contribution >= 4 is 23.3 Å².